The largest absolute Gasteiger partial charge is 0.395 e. The molecule has 0 spiro atoms. The number of carbonyl (C=O) groups is 1. The maximum atomic E-state index is 12.1. The van der Waals surface area contributed by atoms with Crippen LogP contribution in [-0.2, 0) is 6.54 Å². The summed E-state index contributed by atoms with van der Waals surface area (Å²) < 4.78 is 1.65. The van der Waals surface area contributed by atoms with Gasteiger partial charge in [0.05, 0.1) is 11.4 Å². The predicted molar refractivity (Wildman–Crippen MR) is 73.4 cm³/mol. The number of hydrogen-bond donors (Lipinski definition) is 2. The number of carbonyl (C=O) groups excluding carboxylic acids is 1. The first-order valence-corrected chi connectivity index (χ1v) is 6.49. The molecule has 1 aromatic rings. The monoisotopic (exact) mass is 252 g/mol. The topological polar surface area (TPSA) is 72.9 Å². The first-order chi connectivity index (χ1) is 8.38. The SMILES string of the molecule is CCn1nc(C)c(N)c1C(=O)NCC(C)C(C)C. The lowest BCUT2D eigenvalue weighted by molar-refractivity contribution is 0.0935. The third-order valence-electron chi connectivity index (χ3n) is 3.41. The van der Waals surface area contributed by atoms with E-state index in [9.17, 15) is 4.79 Å². The van der Waals surface area contributed by atoms with Gasteiger partial charge in [0.2, 0.25) is 0 Å². The molecule has 5 heteroatoms. The second kappa shape index (κ2) is 5.89. The van der Waals surface area contributed by atoms with Crippen molar-refractivity contribution in [3.63, 3.8) is 0 Å². The number of anilines is 1. The van der Waals surface area contributed by atoms with Crippen LogP contribution in [-0.4, -0.2) is 22.2 Å². The van der Waals surface area contributed by atoms with Crippen molar-refractivity contribution in [2.45, 2.75) is 41.2 Å². The van der Waals surface area contributed by atoms with Gasteiger partial charge in [0.1, 0.15) is 5.69 Å². The Hall–Kier alpha value is -1.52. The highest BCUT2D eigenvalue weighted by atomic mass is 16.2. The summed E-state index contributed by atoms with van der Waals surface area (Å²) in [6.07, 6.45) is 0. The van der Waals surface area contributed by atoms with Crippen LogP contribution >= 0.6 is 0 Å². The summed E-state index contributed by atoms with van der Waals surface area (Å²) in [6.45, 7) is 11.5. The minimum absolute atomic E-state index is 0.137. The summed E-state index contributed by atoms with van der Waals surface area (Å²) in [7, 11) is 0. The number of aryl methyl sites for hydroxylation is 2. The quantitative estimate of drug-likeness (QED) is 0.839. The van der Waals surface area contributed by atoms with Crippen LogP contribution in [0.5, 0.6) is 0 Å². The summed E-state index contributed by atoms with van der Waals surface area (Å²) in [5.41, 5.74) is 7.57. The molecule has 1 aromatic heterocycles. The van der Waals surface area contributed by atoms with E-state index in [-0.39, 0.29) is 5.91 Å². The van der Waals surface area contributed by atoms with E-state index in [0.29, 0.717) is 42.0 Å². The smallest absolute Gasteiger partial charge is 0.271 e. The van der Waals surface area contributed by atoms with Crippen LogP contribution in [0, 0.1) is 18.8 Å². The first-order valence-electron chi connectivity index (χ1n) is 6.49. The van der Waals surface area contributed by atoms with Crippen molar-refractivity contribution in [3.05, 3.63) is 11.4 Å². The minimum Gasteiger partial charge on any atom is -0.395 e. The van der Waals surface area contributed by atoms with Crippen LogP contribution in [0.15, 0.2) is 0 Å². The summed E-state index contributed by atoms with van der Waals surface area (Å²) in [6, 6.07) is 0. The fourth-order valence-corrected chi connectivity index (χ4v) is 1.64. The van der Waals surface area contributed by atoms with E-state index < -0.39 is 0 Å². The maximum Gasteiger partial charge on any atom is 0.271 e. The van der Waals surface area contributed by atoms with Crippen LogP contribution in [0.4, 0.5) is 5.69 Å². The van der Waals surface area contributed by atoms with E-state index in [2.05, 4.69) is 31.2 Å². The third-order valence-corrected chi connectivity index (χ3v) is 3.41. The minimum atomic E-state index is -0.137. The normalized spacial score (nSPS) is 12.8. The second-order valence-electron chi connectivity index (χ2n) is 5.09. The van der Waals surface area contributed by atoms with E-state index in [1.807, 2.05) is 13.8 Å². The van der Waals surface area contributed by atoms with E-state index in [0.717, 1.165) is 0 Å². The fraction of sp³-hybridized carbons (Fsp3) is 0.692. The highest BCUT2D eigenvalue weighted by molar-refractivity contribution is 5.97. The number of nitrogens with two attached hydrogens (primary N) is 1. The number of amides is 1. The molecule has 1 unspecified atom stereocenters. The van der Waals surface area contributed by atoms with Crippen molar-refractivity contribution in [1.29, 1.82) is 0 Å². The Kier molecular flexibility index (Phi) is 4.76. The number of rotatable bonds is 5. The van der Waals surface area contributed by atoms with Crippen molar-refractivity contribution >= 4 is 11.6 Å². The molecule has 0 saturated heterocycles. The molecule has 102 valence electrons. The van der Waals surface area contributed by atoms with Gasteiger partial charge in [0.25, 0.3) is 5.91 Å². The lowest BCUT2D eigenvalue weighted by Gasteiger charge is -2.16. The number of nitrogen functional groups attached to an aromatic ring is 1. The molecule has 18 heavy (non-hydrogen) atoms. The highest BCUT2D eigenvalue weighted by Gasteiger charge is 2.19. The molecule has 3 N–H and O–H groups in total. The Labute approximate surface area is 109 Å². The van der Waals surface area contributed by atoms with Gasteiger partial charge in [-0.15, -0.1) is 0 Å². The lowest BCUT2D eigenvalue weighted by Crippen LogP contribution is -2.32. The first kappa shape index (κ1) is 14.5. The number of hydrogen-bond acceptors (Lipinski definition) is 3. The van der Waals surface area contributed by atoms with Crippen LogP contribution < -0.4 is 11.1 Å². The van der Waals surface area contributed by atoms with E-state index >= 15 is 0 Å². The summed E-state index contributed by atoms with van der Waals surface area (Å²) in [5.74, 6) is 0.845. The fourth-order valence-electron chi connectivity index (χ4n) is 1.64. The molecule has 1 atom stereocenters. The van der Waals surface area contributed by atoms with Gasteiger partial charge >= 0.3 is 0 Å². The van der Waals surface area contributed by atoms with Gasteiger partial charge in [-0.1, -0.05) is 20.8 Å². The lowest BCUT2D eigenvalue weighted by atomic mass is 9.98. The standard InChI is InChI=1S/C13H24N4O/c1-6-17-12(11(14)10(5)16-17)13(18)15-7-9(4)8(2)3/h8-9H,6-7,14H2,1-5H3,(H,15,18). The van der Waals surface area contributed by atoms with Crippen LogP contribution in [0.25, 0.3) is 0 Å². The van der Waals surface area contributed by atoms with Crippen LogP contribution in [0.1, 0.15) is 43.9 Å². The molecule has 5 nitrogen and oxygen atoms in total. The Morgan fingerprint density at radius 1 is 1.44 bits per heavy atom. The zero-order valence-electron chi connectivity index (χ0n) is 11.9. The van der Waals surface area contributed by atoms with E-state index in [4.69, 9.17) is 5.73 Å². The molecule has 0 fully saturated rings. The number of aromatic nitrogens is 2. The third kappa shape index (κ3) is 3.03. The van der Waals surface area contributed by atoms with Crippen LogP contribution in [0.3, 0.4) is 0 Å². The molecule has 0 aliphatic rings. The molecular weight excluding hydrogens is 228 g/mol. The molecule has 0 aromatic carbocycles. The average molecular weight is 252 g/mol. The summed E-state index contributed by atoms with van der Waals surface area (Å²) in [5, 5.41) is 7.17. The van der Waals surface area contributed by atoms with Crippen molar-refractivity contribution in [2.75, 3.05) is 12.3 Å². The zero-order valence-corrected chi connectivity index (χ0v) is 11.9. The van der Waals surface area contributed by atoms with Gasteiger partial charge < -0.3 is 11.1 Å². The van der Waals surface area contributed by atoms with Crippen molar-refractivity contribution < 1.29 is 4.79 Å². The van der Waals surface area contributed by atoms with Crippen molar-refractivity contribution in [3.8, 4) is 0 Å². The molecule has 0 saturated carbocycles. The summed E-state index contributed by atoms with van der Waals surface area (Å²) in [4.78, 5) is 12.1. The van der Waals surface area contributed by atoms with E-state index in [1.165, 1.54) is 0 Å². The Morgan fingerprint density at radius 3 is 2.56 bits per heavy atom. The van der Waals surface area contributed by atoms with Gasteiger partial charge in [0, 0.05) is 13.1 Å². The molecule has 0 aliphatic carbocycles. The molecule has 0 aliphatic heterocycles. The molecule has 1 rings (SSSR count). The van der Waals surface area contributed by atoms with Gasteiger partial charge in [-0.3, -0.25) is 9.48 Å². The zero-order chi connectivity index (χ0) is 13.9. The Balaban J connectivity index is 2.78. The van der Waals surface area contributed by atoms with Gasteiger partial charge in [-0.2, -0.15) is 5.10 Å². The maximum absolute atomic E-state index is 12.1. The predicted octanol–water partition coefficient (Wildman–Crippen LogP) is 1.82. The Bertz CT molecular complexity index is 423. The van der Waals surface area contributed by atoms with Crippen LogP contribution in [0.2, 0.25) is 0 Å². The van der Waals surface area contributed by atoms with Gasteiger partial charge in [-0.25, -0.2) is 0 Å². The summed E-state index contributed by atoms with van der Waals surface area (Å²) >= 11 is 0. The molecule has 1 heterocycles. The molecule has 0 bridgehead atoms. The molecule has 0 radical (unpaired) electrons. The van der Waals surface area contributed by atoms with E-state index in [1.54, 1.807) is 4.68 Å². The molecular formula is C13H24N4O. The van der Waals surface area contributed by atoms with Crippen molar-refractivity contribution in [1.82, 2.24) is 15.1 Å². The highest BCUT2D eigenvalue weighted by Crippen LogP contribution is 2.16. The average Bonchev–Trinajstić information content (AvgIpc) is 2.61. The number of nitrogens with one attached hydrogen (secondary N) is 1. The van der Waals surface area contributed by atoms with Gasteiger partial charge in [-0.05, 0) is 25.7 Å². The van der Waals surface area contributed by atoms with Crippen molar-refractivity contribution in [2.24, 2.45) is 11.8 Å². The second-order valence-corrected chi connectivity index (χ2v) is 5.09. The number of nitrogens with zero attached hydrogens (tertiary/aromatic N) is 2. The molecule has 1 amide bonds. The van der Waals surface area contributed by atoms with Gasteiger partial charge in [0.15, 0.2) is 0 Å². The Morgan fingerprint density at radius 2 is 2.06 bits per heavy atom.